The molecule has 1 aromatic rings. The van der Waals surface area contributed by atoms with Gasteiger partial charge in [0.1, 0.15) is 11.4 Å². The third-order valence-electron chi connectivity index (χ3n) is 4.99. The molecule has 154 valence electrons. The summed E-state index contributed by atoms with van der Waals surface area (Å²) in [6, 6.07) is 2.51. The number of nitrogens with zero attached hydrogens (tertiary/aromatic N) is 1. The molecule has 2 bridgehead atoms. The molecule has 1 saturated heterocycles. The summed E-state index contributed by atoms with van der Waals surface area (Å²) >= 11 is 5.88. The van der Waals surface area contributed by atoms with Crippen molar-refractivity contribution in [1.29, 1.82) is 0 Å². The van der Waals surface area contributed by atoms with Crippen LogP contribution in [0.25, 0.3) is 0 Å². The van der Waals surface area contributed by atoms with Gasteiger partial charge in [0, 0.05) is 18.2 Å². The molecule has 4 N–H and O–H groups in total. The number of anilines is 1. The Balaban J connectivity index is 0.000000246. The number of carbonyl (C=O) groups excluding carboxylic acids is 1. The van der Waals surface area contributed by atoms with Gasteiger partial charge in [-0.2, -0.15) is 0 Å². The van der Waals surface area contributed by atoms with Crippen molar-refractivity contribution in [2.75, 3.05) is 25.9 Å². The molecule has 0 radical (unpaired) electrons. The van der Waals surface area contributed by atoms with E-state index in [-0.39, 0.29) is 40.0 Å². The van der Waals surface area contributed by atoms with Crippen LogP contribution in [0.2, 0.25) is 0 Å². The normalized spacial score (nSPS) is 17.9. The molecule has 29 heavy (non-hydrogen) atoms. The van der Waals surface area contributed by atoms with Crippen molar-refractivity contribution in [3.8, 4) is 5.75 Å². The number of methoxy groups -OCH3 is 1. The highest BCUT2D eigenvalue weighted by Crippen LogP contribution is 2.33. The highest BCUT2D eigenvalue weighted by Gasteiger charge is 2.24. The van der Waals surface area contributed by atoms with E-state index in [1.807, 2.05) is 0 Å². The monoisotopic (exact) mass is 418 g/mol. The number of alkyl halides is 1. The van der Waals surface area contributed by atoms with Crippen molar-refractivity contribution in [3.63, 3.8) is 0 Å². The number of halogens is 1. The number of nitrogens with two attached hydrogens (primary N) is 1. The van der Waals surface area contributed by atoms with Crippen molar-refractivity contribution >= 4 is 28.9 Å². The lowest BCUT2D eigenvalue weighted by Gasteiger charge is -2.24. The van der Waals surface area contributed by atoms with Gasteiger partial charge in [0.2, 0.25) is 0 Å². The third kappa shape index (κ3) is 4.78. The predicted octanol–water partition coefficient (Wildman–Crippen LogP) is 2.70. The molecule has 1 aromatic carbocycles. The van der Waals surface area contributed by atoms with Crippen LogP contribution in [0.1, 0.15) is 23.2 Å². The van der Waals surface area contributed by atoms with Crippen LogP contribution in [-0.4, -0.2) is 42.4 Å². The van der Waals surface area contributed by atoms with Gasteiger partial charge in [0.25, 0.3) is 11.6 Å². The second kappa shape index (κ2) is 9.11. The molecule has 2 aliphatic carbocycles. The number of nitro benzene ring substituents is 1. The van der Waals surface area contributed by atoms with Crippen molar-refractivity contribution in [1.82, 2.24) is 10.6 Å². The number of nitro groups is 1. The summed E-state index contributed by atoms with van der Waals surface area (Å²) in [6.07, 6.45) is 9.90. The van der Waals surface area contributed by atoms with Gasteiger partial charge >= 0.3 is 0 Å². The molecule has 1 amide bonds. The summed E-state index contributed by atoms with van der Waals surface area (Å²) in [5.41, 5.74) is 7.86. The Labute approximate surface area is 173 Å². The van der Waals surface area contributed by atoms with E-state index in [1.54, 1.807) is 0 Å². The first-order chi connectivity index (χ1) is 13.9. The van der Waals surface area contributed by atoms with Crippen LogP contribution in [0.3, 0.4) is 0 Å². The summed E-state index contributed by atoms with van der Waals surface area (Å²) < 4.78 is 5.10. The maximum atomic E-state index is 12.3. The van der Waals surface area contributed by atoms with Crippen molar-refractivity contribution < 1.29 is 14.5 Å². The highest BCUT2D eigenvalue weighted by molar-refractivity contribution is 6.25. The fourth-order valence-electron chi connectivity index (χ4n) is 3.34. The van der Waals surface area contributed by atoms with E-state index in [2.05, 4.69) is 34.9 Å². The zero-order chi connectivity index (χ0) is 21.0. The molecule has 8 nitrogen and oxygen atoms in total. The molecule has 3 aliphatic rings. The average molecular weight is 419 g/mol. The van der Waals surface area contributed by atoms with Crippen molar-refractivity contribution in [3.05, 3.63) is 63.3 Å². The Morgan fingerprint density at radius 2 is 1.90 bits per heavy atom. The van der Waals surface area contributed by atoms with Crippen LogP contribution in [0.4, 0.5) is 11.4 Å². The number of allylic oxidation sites excluding steroid dienone is 6. The number of piperidine rings is 1. The van der Waals surface area contributed by atoms with E-state index in [0.717, 1.165) is 32.0 Å². The highest BCUT2D eigenvalue weighted by atomic mass is 35.5. The van der Waals surface area contributed by atoms with E-state index in [1.165, 1.54) is 24.3 Å². The second-order valence-electron chi connectivity index (χ2n) is 6.90. The first kappa shape index (κ1) is 20.9. The Kier molecular flexibility index (Phi) is 6.56. The second-order valence-corrected chi connectivity index (χ2v) is 7.33. The van der Waals surface area contributed by atoms with Crippen molar-refractivity contribution in [2.24, 2.45) is 0 Å². The fourth-order valence-corrected chi connectivity index (χ4v) is 3.64. The number of benzene rings is 1. The number of hydrogen-bond donors (Lipinski definition) is 3. The minimum Gasteiger partial charge on any atom is -0.496 e. The molecule has 9 heteroatoms. The van der Waals surface area contributed by atoms with Crippen LogP contribution < -0.4 is 21.1 Å². The molecule has 1 aliphatic heterocycles. The summed E-state index contributed by atoms with van der Waals surface area (Å²) in [6.45, 7) is 1.67. The number of nitrogens with one attached hydrogen (secondary N) is 2. The van der Waals surface area contributed by atoms with E-state index >= 15 is 0 Å². The summed E-state index contributed by atoms with van der Waals surface area (Å²) in [7, 11) is 1.39. The van der Waals surface area contributed by atoms with Crippen LogP contribution >= 0.6 is 11.6 Å². The smallest absolute Gasteiger partial charge is 0.293 e. The number of amides is 1. The number of hydrogen-bond acceptors (Lipinski definition) is 6. The molecule has 0 atom stereocenters. The Hall–Kier alpha value is -2.84. The van der Waals surface area contributed by atoms with Crippen LogP contribution in [0.5, 0.6) is 5.75 Å². The van der Waals surface area contributed by atoms with Gasteiger partial charge in [-0.15, -0.1) is 11.6 Å². The Morgan fingerprint density at radius 1 is 1.28 bits per heavy atom. The lowest BCUT2D eigenvalue weighted by Crippen LogP contribution is -2.42. The average Bonchev–Trinajstić information content (AvgIpc) is 3.25. The molecule has 0 aromatic heterocycles. The quantitative estimate of drug-likeness (QED) is 0.299. The number of rotatable bonds is 4. The first-order valence-corrected chi connectivity index (χ1v) is 9.71. The van der Waals surface area contributed by atoms with E-state index < -0.39 is 4.92 Å². The maximum Gasteiger partial charge on any atom is 0.293 e. The minimum absolute atomic E-state index is 0.0322. The maximum absolute atomic E-state index is 12.3. The van der Waals surface area contributed by atoms with E-state index in [4.69, 9.17) is 22.1 Å². The lowest BCUT2D eigenvalue weighted by molar-refractivity contribution is -0.383. The molecular weight excluding hydrogens is 396 g/mol. The van der Waals surface area contributed by atoms with Crippen LogP contribution in [0.15, 0.2) is 47.6 Å². The standard InChI is InChI=1S/C13H18N4O4.C7H5Cl/c1-21-12-7-10(14)11(17(19)20)6-9(12)13(18)16-8-2-4-15-5-3-8;8-7-5-1-2-6(7)4-3-5/h6-8,15H,2-5,14H2,1H3,(H,16,18);1-4,7H. The number of fused-ring (bicyclic) bond motifs is 2. The van der Waals surface area contributed by atoms with E-state index in [0.29, 0.717) is 0 Å². The van der Waals surface area contributed by atoms with E-state index in [9.17, 15) is 14.9 Å². The Morgan fingerprint density at radius 3 is 2.34 bits per heavy atom. The van der Waals surface area contributed by atoms with Gasteiger partial charge in [0.15, 0.2) is 0 Å². The van der Waals surface area contributed by atoms with Gasteiger partial charge in [-0.3, -0.25) is 14.9 Å². The molecule has 0 saturated carbocycles. The van der Waals surface area contributed by atoms with Gasteiger partial charge < -0.3 is 21.1 Å². The van der Waals surface area contributed by atoms with Gasteiger partial charge in [-0.25, -0.2) is 0 Å². The molecule has 4 rings (SSSR count). The minimum atomic E-state index is -0.615. The van der Waals surface area contributed by atoms with Gasteiger partial charge in [0.05, 0.1) is 23.0 Å². The SMILES string of the molecule is COc1cc(N)c([N+](=O)[O-])cc1C(=O)NC1CCNCC1.ClC1C2=CC=C1C=C2. The van der Waals surface area contributed by atoms with Gasteiger partial charge in [-0.05, 0) is 37.1 Å². The molecule has 1 fully saturated rings. The molecule has 1 heterocycles. The molecule has 0 spiro atoms. The largest absolute Gasteiger partial charge is 0.496 e. The van der Waals surface area contributed by atoms with Crippen LogP contribution in [-0.2, 0) is 0 Å². The zero-order valence-corrected chi connectivity index (χ0v) is 16.7. The van der Waals surface area contributed by atoms with Crippen LogP contribution in [0, 0.1) is 10.1 Å². The van der Waals surface area contributed by atoms with Gasteiger partial charge in [-0.1, -0.05) is 24.3 Å². The number of nitrogen functional groups attached to an aromatic ring is 1. The third-order valence-corrected chi connectivity index (χ3v) is 5.49. The number of ether oxygens (including phenoxy) is 1. The summed E-state index contributed by atoms with van der Waals surface area (Å²) in [5, 5.41) is 17.2. The first-order valence-electron chi connectivity index (χ1n) is 9.28. The number of carbonyl (C=O) groups is 1. The topological polar surface area (TPSA) is 120 Å². The Bertz CT molecular complexity index is 882. The fraction of sp³-hybridized carbons (Fsp3) is 0.350. The summed E-state index contributed by atoms with van der Waals surface area (Å²) in [4.78, 5) is 22.6. The van der Waals surface area contributed by atoms with Crippen molar-refractivity contribution in [2.45, 2.75) is 24.3 Å². The molecular formula is C20H23ClN4O4. The lowest BCUT2D eigenvalue weighted by atomic mass is 10.1. The zero-order valence-electron chi connectivity index (χ0n) is 16.0. The predicted molar refractivity (Wildman–Crippen MR) is 112 cm³/mol. The molecule has 0 unspecified atom stereocenters. The summed E-state index contributed by atoms with van der Waals surface area (Å²) in [5.74, 6) is -0.161.